The maximum Gasteiger partial charge on any atom is 0.347 e. The number of amides is 2. The quantitative estimate of drug-likeness (QED) is 0.279. The maximum atomic E-state index is 11.2. The van der Waals surface area contributed by atoms with Gasteiger partial charge in [0.25, 0.3) is 0 Å². The zero-order valence-electron chi connectivity index (χ0n) is 9.27. The minimum Gasteiger partial charge on any atom is -0.478 e. The lowest BCUT2D eigenvalue weighted by molar-refractivity contribution is -0.158. The van der Waals surface area contributed by atoms with Crippen molar-refractivity contribution >= 4 is 30.4 Å². The van der Waals surface area contributed by atoms with Gasteiger partial charge in [0.1, 0.15) is 0 Å². The van der Waals surface area contributed by atoms with Crippen LogP contribution >= 0.6 is 12.6 Å². The third kappa shape index (κ3) is 3.38. The van der Waals surface area contributed by atoms with E-state index >= 15 is 0 Å². The lowest BCUT2D eigenvalue weighted by Crippen LogP contribution is -2.69. The van der Waals surface area contributed by atoms with Gasteiger partial charge in [-0.3, -0.25) is 15.0 Å². The Morgan fingerprint density at radius 2 is 1.81 bits per heavy atom. The van der Waals surface area contributed by atoms with E-state index in [1.165, 1.54) is 20.9 Å². The SMILES string of the molecule is CC(=O)NN(C)C(CS)(NC(C)=O)C(=O)O. The third-order valence-corrected chi connectivity index (χ3v) is 2.32. The van der Waals surface area contributed by atoms with Gasteiger partial charge in [-0.2, -0.15) is 17.6 Å². The Balaban J connectivity index is 5.09. The van der Waals surface area contributed by atoms with Crippen LogP contribution in [0.4, 0.5) is 0 Å². The molecule has 0 bridgehead atoms. The molecule has 0 fully saturated rings. The van der Waals surface area contributed by atoms with Gasteiger partial charge >= 0.3 is 5.97 Å². The van der Waals surface area contributed by atoms with Gasteiger partial charge in [0.15, 0.2) is 0 Å². The summed E-state index contributed by atoms with van der Waals surface area (Å²) in [5, 5.41) is 12.3. The second-order valence-corrected chi connectivity index (χ2v) is 3.55. The molecule has 2 amide bonds. The van der Waals surface area contributed by atoms with E-state index in [0.717, 1.165) is 5.01 Å². The molecule has 0 radical (unpaired) electrons. The van der Waals surface area contributed by atoms with E-state index in [0.29, 0.717) is 0 Å². The summed E-state index contributed by atoms with van der Waals surface area (Å²) in [4.78, 5) is 33.0. The van der Waals surface area contributed by atoms with Gasteiger partial charge < -0.3 is 10.4 Å². The molecule has 0 saturated carbocycles. The largest absolute Gasteiger partial charge is 0.478 e. The maximum absolute atomic E-state index is 11.2. The van der Waals surface area contributed by atoms with Gasteiger partial charge in [-0.1, -0.05) is 0 Å². The number of hydrogen-bond acceptors (Lipinski definition) is 5. The number of aliphatic carboxylic acids is 1. The van der Waals surface area contributed by atoms with Crippen LogP contribution in [0.1, 0.15) is 13.8 Å². The average molecular weight is 249 g/mol. The standard InChI is InChI=1S/C8H15N3O4S/c1-5(12)9-8(4-16,7(14)15)11(3)10-6(2)13/h16H,4H2,1-3H3,(H,9,12)(H,10,13)(H,14,15). The summed E-state index contributed by atoms with van der Waals surface area (Å²) in [7, 11) is 1.34. The molecule has 0 aromatic heterocycles. The van der Waals surface area contributed by atoms with Gasteiger partial charge in [0, 0.05) is 26.6 Å². The highest BCUT2D eigenvalue weighted by Gasteiger charge is 2.43. The molecule has 0 rings (SSSR count). The first-order valence-corrected chi connectivity index (χ1v) is 5.03. The average Bonchev–Trinajstić information content (AvgIpc) is 2.11. The number of carbonyl (C=O) groups excluding carboxylic acids is 2. The van der Waals surface area contributed by atoms with Crippen molar-refractivity contribution in [1.82, 2.24) is 15.8 Å². The molecule has 0 aliphatic carbocycles. The number of nitrogens with zero attached hydrogens (tertiary/aromatic N) is 1. The molecule has 1 unspecified atom stereocenters. The number of nitrogens with one attached hydrogen (secondary N) is 2. The Kier molecular flexibility index (Phi) is 5.25. The molecule has 3 N–H and O–H groups in total. The zero-order chi connectivity index (χ0) is 12.9. The van der Waals surface area contributed by atoms with Gasteiger partial charge in [-0.05, 0) is 0 Å². The first-order chi connectivity index (χ1) is 7.26. The summed E-state index contributed by atoms with van der Waals surface area (Å²) >= 11 is 3.89. The second kappa shape index (κ2) is 5.71. The van der Waals surface area contributed by atoms with Crippen molar-refractivity contribution < 1.29 is 19.5 Å². The third-order valence-electron chi connectivity index (χ3n) is 1.86. The van der Waals surface area contributed by atoms with E-state index in [9.17, 15) is 14.4 Å². The molecule has 0 aromatic carbocycles. The van der Waals surface area contributed by atoms with Crippen LogP contribution in [0.25, 0.3) is 0 Å². The van der Waals surface area contributed by atoms with Crippen molar-refractivity contribution in [2.45, 2.75) is 19.5 Å². The van der Waals surface area contributed by atoms with Crippen LogP contribution in [0.5, 0.6) is 0 Å². The van der Waals surface area contributed by atoms with E-state index < -0.39 is 23.4 Å². The Morgan fingerprint density at radius 1 is 1.31 bits per heavy atom. The van der Waals surface area contributed by atoms with Crippen LogP contribution < -0.4 is 10.7 Å². The summed E-state index contributed by atoms with van der Waals surface area (Å²) in [5.74, 6) is -2.48. The molecule has 16 heavy (non-hydrogen) atoms. The van der Waals surface area contributed by atoms with Gasteiger partial charge in [-0.15, -0.1) is 0 Å². The van der Waals surface area contributed by atoms with E-state index in [1.54, 1.807) is 0 Å². The number of carboxylic acids is 1. The van der Waals surface area contributed by atoms with Crippen LogP contribution in [0.2, 0.25) is 0 Å². The van der Waals surface area contributed by atoms with Crippen molar-refractivity contribution in [3.8, 4) is 0 Å². The number of carboxylic acid groups (broad SMARTS) is 1. The summed E-state index contributed by atoms with van der Waals surface area (Å²) in [6.45, 7) is 2.41. The number of hydrazine groups is 1. The van der Waals surface area contributed by atoms with E-state index in [4.69, 9.17) is 5.11 Å². The lowest BCUT2D eigenvalue weighted by atomic mass is 10.2. The molecule has 0 aliphatic rings. The summed E-state index contributed by atoms with van der Waals surface area (Å²) < 4.78 is 0. The molecule has 1 atom stereocenters. The monoisotopic (exact) mass is 249 g/mol. The van der Waals surface area contributed by atoms with Crippen molar-refractivity contribution in [2.75, 3.05) is 12.8 Å². The molecule has 7 nitrogen and oxygen atoms in total. The van der Waals surface area contributed by atoms with Gasteiger partial charge in [-0.25, -0.2) is 4.79 Å². The molecular formula is C8H15N3O4S. The minimum absolute atomic E-state index is 0.196. The highest BCUT2D eigenvalue weighted by atomic mass is 32.1. The fourth-order valence-corrected chi connectivity index (χ4v) is 1.54. The Hall–Kier alpha value is -1.28. The summed E-state index contributed by atoms with van der Waals surface area (Å²) in [5.41, 5.74) is 0.508. The lowest BCUT2D eigenvalue weighted by Gasteiger charge is -2.36. The Bertz CT molecular complexity index is 310. The van der Waals surface area contributed by atoms with Crippen LogP contribution in [0.15, 0.2) is 0 Å². The molecule has 0 spiro atoms. The molecule has 92 valence electrons. The Labute approximate surface area is 98.6 Å². The van der Waals surface area contributed by atoms with Crippen LogP contribution in [-0.2, 0) is 14.4 Å². The zero-order valence-corrected chi connectivity index (χ0v) is 10.2. The number of carbonyl (C=O) groups is 3. The first-order valence-electron chi connectivity index (χ1n) is 4.40. The smallest absolute Gasteiger partial charge is 0.347 e. The van der Waals surface area contributed by atoms with Crippen molar-refractivity contribution in [2.24, 2.45) is 0 Å². The van der Waals surface area contributed by atoms with Crippen LogP contribution in [0, 0.1) is 0 Å². The second-order valence-electron chi connectivity index (χ2n) is 3.23. The highest BCUT2D eigenvalue weighted by molar-refractivity contribution is 7.80. The normalized spacial score (nSPS) is 14.1. The molecule has 8 heteroatoms. The predicted octanol–water partition coefficient (Wildman–Crippen LogP) is -1.18. The van der Waals surface area contributed by atoms with E-state index in [1.807, 2.05) is 0 Å². The van der Waals surface area contributed by atoms with Crippen LogP contribution in [0.3, 0.4) is 0 Å². The number of rotatable bonds is 5. The first kappa shape index (κ1) is 14.7. The Morgan fingerprint density at radius 3 is 2.06 bits per heavy atom. The van der Waals surface area contributed by atoms with E-state index in [-0.39, 0.29) is 5.75 Å². The minimum atomic E-state index is -1.76. The molecule has 0 heterocycles. The van der Waals surface area contributed by atoms with Gasteiger partial charge in [0.2, 0.25) is 17.5 Å². The van der Waals surface area contributed by atoms with E-state index in [2.05, 4.69) is 23.4 Å². The fourth-order valence-electron chi connectivity index (χ4n) is 1.12. The van der Waals surface area contributed by atoms with Crippen molar-refractivity contribution in [3.63, 3.8) is 0 Å². The number of thiol groups is 1. The number of hydrogen-bond donors (Lipinski definition) is 4. The highest BCUT2D eigenvalue weighted by Crippen LogP contribution is 2.11. The fraction of sp³-hybridized carbons (Fsp3) is 0.625. The summed E-state index contributed by atoms with van der Waals surface area (Å²) in [6.07, 6.45) is 0. The molecule has 0 saturated heterocycles. The summed E-state index contributed by atoms with van der Waals surface area (Å²) in [6, 6.07) is 0. The molecular weight excluding hydrogens is 234 g/mol. The molecule has 0 aliphatic heterocycles. The predicted molar refractivity (Wildman–Crippen MR) is 59.6 cm³/mol. The van der Waals surface area contributed by atoms with Gasteiger partial charge in [0.05, 0.1) is 0 Å². The van der Waals surface area contributed by atoms with Crippen LogP contribution in [-0.4, -0.2) is 46.4 Å². The number of likely N-dealkylation sites (N-methyl/N-ethyl adjacent to an activating group) is 1. The molecule has 0 aromatic rings. The van der Waals surface area contributed by atoms with Crippen molar-refractivity contribution in [1.29, 1.82) is 0 Å². The van der Waals surface area contributed by atoms with Crippen molar-refractivity contribution in [3.05, 3.63) is 0 Å². The topological polar surface area (TPSA) is 98.7 Å².